The lowest BCUT2D eigenvalue weighted by molar-refractivity contribution is -0.289. The summed E-state index contributed by atoms with van der Waals surface area (Å²) in [6, 6.07) is 0. The third-order valence-corrected chi connectivity index (χ3v) is 8.78. The summed E-state index contributed by atoms with van der Waals surface area (Å²) in [6.45, 7) is 7.12. The molecule has 2 aliphatic heterocycles. The lowest BCUT2D eigenvalue weighted by Crippen LogP contribution is -2.68. The van der Waals surface area contributed by atoms with E-state index in [1.165, 1.54) is 7.11 Å². The quantitative estimate of drug-likeness (QED) is 0.675. The Kier molecular flexibility index (Phi) is 4.47. The van der Waals surface area contributed by atoms with E-state index < -0.39 is 23.2 Å². The van der Waals surface area contributed by atoms with Crippen LogP contribution in [0.4, 0.5) is 0 Å². The maximum absolute atomic E-state index is 12.7. The number of hydrogen-bond donors (Lipinski definition) is 2. The van der Waals surface area contributed by atoms with Gasteiger partial charge in [-0.05, 0) is 69.6 Å². The SMILES string of the molecule is COC(=O)[C@@]1(C)[C@H](O)CC[C@]2(C)[C@H]1CC[C@]1(C)O[C@]3(CC[C@H]21)COC[C@@H]3O. The van der Waals surface area contributed by atoms with Crippen molar-refractivity contribution in [3.63, 3.8) is 0 Å². The molecule has 8 atom stereocenters. The number of esters is 1. The summed E-state index contributed by atoms with van der Waals surface area (Å²) in [7, 11) is 1.41. The molecule has 0 bridgehead atoms. The molecule has 4 rings (SSSR count). The maximum Gasteiger partial charge on any atom is 0.314 e. The Bertz CT molecular complexity index is 624. The highest BCUT2D eigenvalue weighted by atomic mass is 16.6. The predicted octanol–water partition coefficient (Wildman–Crippen LogP) is 2.05. The monoisotopic (exact) mass is 382 g/mol. The Balaban J connectivity index is 1.68. The van der Waals surface area contributed by atoms with Gasteiger partial charge in [0.1, 0.15) is 11.7 Å². The van der Waals surface area contributed by atoms with Gasteiger partial charge in [0, 0.05) is 0 Å². The Morgan fingerprint density at radius 3 is 2.33 bits per heavy atom. The summed E-state index contributed by atoms with van der Waals surface area (Å²) in [5.41, 5.74) is -1.93. The molecule has 4 fully saturated rings. The first-order valence-corrected chi connectivity index (χ1v) is 10.3. The van der Waals surface area contributed by atoms with Gasteiger partial charge in [-0.15, -0.1) is 0 Å². The normalized spacial score (nSPS) is 55.0. The van der Waals surface area contributed by atoms with E-state index in [4.69, 9.17) is 14.2 Å². The Morgan fingerprint density at radius 1 is 1.00 bits per heavy atom. The van der Waals surface area contributed by atoms with Gasteiger partial charge in [0.2, 0.25) is 0 Å². The number of aliphatic hydroxyl groups excluding tert-OH is 2. The van der Waals surface area contributed by atoms with E-state index in [1.54, 1.807) is 0 Å². The zero-order valence-electron chi connectivity index (χ0n) is 17.0. The van der Waals surface area contributed by atoms with Crippen LogP contribution in [-0.4, -0.2) is 59.9 Å². The maximum atomic E-state index is 12.7. The number of aliphatic hydroxyl groups is 2. The summed E-state index contributed by atoms with van der Waals surface area (Å²) in [5.74, 6) is 0.0303. The molecule has 0 aromatic carbocycles. The van der Waals surface area contributed by atoms with Gasteiger partial charge in [-0.2, -0.15) is 0 Å². The zero-order valence-corrected chi connectivity index (χ0v) is 17.0. The molecule has 1 spiro atoms. The molecule has 0 aromatic rings. The Morgan fingerprint density at radius 2 is 1.70 bits per heavy atom. The molecule has 154 valence electrons. The average molecular weight is 382 g/mol. The second-order valence-electron chi connectivity index (χ2n) is 10.0. The van der Waals surface area contributed by atoms with Crippen LogP contribution in [0.15, 0.2) is 0 Å². The molecule has 2 saturated heterocycles. The van der Waals surface area contributed by atoms with Crippen molar-refractivity contribution < 1.29 is 29.2 Å². The van der Waals surface area contributed by atoms with Crippen LogP contribution in [0.2, 0.25) is 0 Å². The lowest BCUT2D eigenvalue weighted by atomic mass is 9.43. The average Bonchev–Trinajstić information content (AvgIpc) is 2.96. The smallest absolute Gasteiger partial charge is 0.314 e. The third-order valence-electron chi connectivity index (χ3n) is 8.78. The minimum atomic E-state index is -0.881. The van der Waals surface area contributed by atoms with Crippen molar-refractivity contribution in [3.05, 3.63) is 0 Å². The molecular formula is C21H34O6. The van der Waals surface area contributed by atoms with E-state index in [2.05, 4.69) is 13.8 Å². The van der Waals surface area contributed by atoms with Crippen molar-refractivity contribution in [2.45, 2.75) is 82.7 Å². The topological polar surface area (TPSA) is 85.2 Å². The van der Waals surface area contributed by atoms with Gasteiger partial charge in [0.25, 0.3) is 0 Å². The van der Waals surface area contributed by atoms with Crippen molar-refractivity contribution in [1.29, 1.82) is 0 Å². The van der Waals surface area contributed by atoms with Crippen LogP contribution in [0.3, 0.4) is 0 Å². The van der Waals surface area contributed by atoms with E-state index in [9.17, 15) is 15.0 Å². The van der Waals surface area contributed by atoms with Gasteiger partial charge in [-0.25, -0.2) is 0 Å². The molecule has 2 heterocycles. The van der Waals surface area contributed by atoms with Crippen LogP contribution < -0.4 is 0 Å². The van der Waals surface area contributed by atoms with Crippen LogP contribution in [0.5, 0.6) is 0 Å². The molecule has 0 radical (unpaired) electrons. The molecule has 2 N–H and O–H groups in total. The molecule has 2 aliphatic carbocycles. The van der Waals surface area contributed by atoms with Crippen LogP contribution in [0, 0.1) is 22.7 Å². The summed E-state index contributed by atoms with van der Waals surface area (Å²) >= 11 is 0. The molecule has 6 nitrogen and oxygen atoms in total. The molecule has 6 heteroatoms. The largest absolute Gasteiger partial charge is 0.469 e. The van der Waals surface area contributed by atoms with Crippen molar-refractivity contribution in [3.8, 4) is 0 Å². The highest BCUT2D eigenvalue weighted by Gasteiger charge is 2.67. The van der Waals surface area contributed by atoms with Crippen molar-refractivity contribution in [2.24, 2.45) is 22.7 Å². The predicted molar refractivity (Wildman–Crippen MR) is 98.0 cm³/mol. The standard InChI is InChI=1S/C21H34O6/c1-18-8-7-15(22)20(3,17(24)25-4)14(18)5-9-19(2)13(18)6-10-21(27-19)12-26-11-16(21)23/h13-16,22-23H,5-12H2,1-4H3/t13-,14-,15-,16+,18+,19+,20-,21-/m1/s1. The van der Waals surface area contributed by atoms with E-state index in [0.717, 1.165) is 32.1 Å². The summed E-state index contributed by atoms with van der Waals surface area (Å²) in [4.78, 5) is 12.7. The summed E-state index contributed by atoms with van der Waals surface area (Å²) in [6.07, 6.45) is 3.56. The number of ether oxygens (including phenoxy) is 3. The fraction of sp³-hybridized carbons (Fsp3) is 0.952. The summed E-state index contributed by atoms with van der Waals surface area (Å²) in [5, 5.41) is 21.2. The van der Waals surface area contributed by atoms with E-state index >= 15 is 0 Å². The molecule has 0 amide bonds. The van der Waals surface area contributed by atoms with E-state index in [0.29, 0.717) is 19.6 Å². The van der Waals surface area contributed by atoms with Crippen LogP contribution in [0.25, 0.3) is 0 Å². The molecule has 2 saturated carbocycles. The first-order valence-electron chi connectivity index (χ1n) is 10.3. The fourth-order valence-electron chi connectivity index (χ4n) is 7.28. The van der Waals surface area contributed by atoms with Gasteiger partial charge in [-0.1, -0.05) is 6.92 Å². The first-order chi connectivity index (χ1) is 12.6. The van der Waals surface area contributed by atoms with Gasteiger partial charge < -0.3 is 24.4 Å². The van der Waals surface area contributed by atoms with E-state index in [-0.39, 0.29) is 28.8 Å². The second kappa shape index (κ2) is 6.15. The molecule has 0 aromatic heterocycles. The molecule has 4 aliphatic rings. The van der Waals surface area contributed by atoms with Gasteiger partial charge in [0.05, 0.1) is 37.4 Å². The Labute approximate surface area is 161 Å². The minimum Gasteiger partial charge on any atom is -0.469 e. The first kappa shape index (κ1) is 19.6. The minimum absolute atomic E-state index is 0.0571. The van der Waals surface area contributed by atoms with Crippen molar-refractivity contribution in [1.82, 2.24) is 0 Å². The Hall–Kier alpha value is -0.690. The van der Waals surface area contributed by atoms with Crippen molar-refractivity contribution in [2.75, 3.05) is 20.3 Å². The highest BCUT2D eigenvalue weighted by Crippen LogP contribution is 2.66. The summed E-state index contributed by atoms with van der Waals surface area (Å²) < 4.78 is 17.3. The fourth-order valence-corrected chi connectivity index (χ4v) is 7.28. The number of methoxy groups -OCH3 is 1. The van der Waals surface area contributed by atoms with Crippen molar-refractivity contribution >= 4 is 5.97 Å². The van der Waals surface area contributed by atoms with Crippen LogP contribution >= 0.6 is 0 Å². The van der Waals surface area contributed by atoms with E-state index in [1.807, 2.05) is 6.92 Å². The number of hydrogen-bond acceptors (Lipinski definition) is 6. The number of carbonyl (C=O) groups is 1. The highest BCUT2D eigenvalue weighted by molar-refractivity contribution is 5.78. The molecule has 0 unspecified atom stereocenters. The number of carbonyl (C=O) groups excluding carboxylic acids is 1. The zero-order chi connectivity index (χ0) is 19.7. The third kappa shape index (κ3) is 2.49. The molecular weight excluding hydrogens is 348 g/mol. The van der Waals surface area contributed by atoms with Gasteiger partial charge in [-0.3, -0.25) is 4.79 Å². The number of fused-ring (bicyclic) bond motifs is 3. The van der Waals surface area contributed by atoms with Gasteiger partial charge >= 0.3 is 5.97 Å². The van der Waals surface area contributed by atoms with Crippen LogP contribution in [-0.2, 0) is 19.0 Å². The number of rotatable bonds is 1. The lowest BCUT2D eigenvalue weighted by Gasteiger charge is -2.65. The second-order valence-corrected chi connectivity index (χ2v) is 10.0. The van der Waals surface area contributed by atoms with Gasteiger partial charge in [0.15, 0.2) is 0 Å². The molecule has 27 heavy (non-hydrogen) atoms. The van der Waals surface area contributed by atoms with Crippen LogP contribution in [0.1, 0.15) is 59.3 Å².